The van der Waals surface area contributed by atoms with Gasteiger partial charge in [-0.1, -0.05) is 12.1 Å². The molecule has 0 atom stereocenters. The quantitative estimate of drug-likeness (QED) is 0.585. The van der Waals surface area contributed by atoms with E-state index in [1.807, 2.05) is 26.2 Å². The van der Waals surface area contributed by atoms with Gasteiger partial charge in [0.25, 0.3) is 5.82 Å². The van der Waals surface area contributed by atoms with Crippen LogP contribution in [0.3, 0.4) is 0 Å². The Hall–Kier alpha value is -2.73. The molecule has 0 aliphatic rings. The number of rotatable bonds is 4. The van der Waals surface area contributed by atoms with Crippen molar-refractivity contribution < 1.29 is 31.2 Å². The maximum absolute atomic E-state index is 11.5. The number of benzene rings is 2. The normalized spacial score (nSPS) is 10.3. The third-order valence-electron chi connectivity index (χ3n) is 4.14. The van der Waals surface area contributed by atoms with Crippen molar-refractivity contribution in [3.8, 4) is 11.5 Å². The molecule has 3 rings (SSSR count). The van der Waals surface area contributed by atoms with Crippen molar-refractivity contribution in [1.29, 1.82) is 0 Å². The van der Waals surface area contributed by atoms with Crippen LogP contribution in [0.1, 0.15) is 5.82 Å². The van der Waals surface area contributed by atoms with Crippen molar-refractivity contribution in [2.24, 2.45) is 14.1 Å². The number of amides is 1. The number of para-hydroxylation sites is 2. The Balaban J connectivity index is 0.00000243. The molecule has 6 nitrogen and oxygen atoms in total. The van der Waals surface area contributed by atoms with Gasteiger partial charge in [0.2, 0.25) is 0 Å². The zero-order chi connectivity index (χ0) is 18.0. The Kier molecular flexibility index (Phi) is 6.10. The summed E-state index contributed by atoms with van der Waals surface area (Å²) in [4.78, 5) is 12.9. The fourth-order valence-corrected chi connectivity index (χ4v) is 2.67. The average Bonchev–Trinajstić information content (AvgIpc) is 2.85. The molecule has 1 aromatic heterocycles. The fraction of sp³-hybridized carbons (Fsp3) is 0.263. The van der Waals surface area contributed by atoms with E-state index in [9.17, 15) is 4.79 Å². The highest BCUT2D eigenvalue weighted by atomic mass is 35.5. The van der Waals surface area contributed by atoms with Crippen molar-refractivity contribution in [2.75, 3.05) is 14.1 Å². The molecular weight excluding hydrogens is 354 g/mol. The first-order chi connectivity index (χ1) is 12.0. The second kappa shape index (κ2) is 8.10. The first-order valence-electron chi connectivity index (χ1n) is 8.01. The minimum Gasteiger partial charge on any atom is -1.00 e. The molecule has 138 valence electrons. The van der Waals surface area contributed by atoms with Gasteiger partial charge in [-0.15, -0.1) is 0 Å². The van der Waals surface area contributed by atoms with Gasteiger partial charge in [0.1, 0.15) is 11.5 Å². The number of hydrogen-bond donors (Lipinski definition) is 0. The summed E-state index contributed by atoms with van der Waals surface area (Å²) >= 11 is 0. The molecule has 0 radical (unpaired) electrons. The van der Waals surface area contributed by atoms with Crippen LogP contribution in [0.25, 0.3) is 11.0 Å². The molecule has 0 aliphatic heterocycles. The van der Waals surface area contributed by atoms with Gasteiger partial charge in [-0.05, 0) is 36.4 Å². The number of carbonyl (C=O) groups excluding carboxylic acids is 1. The van der Waals surface area contributed by atoms with Crippen LogP contribution < -0.4 is 26.4 Å². The van der Waals surface area contributed by atoms with Gasteiger partial charge in [0.15, 0.2) is 17.6 Å². The molecule has 0 N–H and O–H groups in total. The third kappa shape index (κ3) is 3.91. The van der Waals surface area contributed by atoms with Gasteiger partial charge in [-0.25, -0.2) is 13.9 Å². The summed E-state index contributed by atoms with van der Waals surface area (Å²) in [6.07, 6.45) is -0.406. The molecule has 0 saturated carbocycles. The highest BCUT2D eigenvalue weighted by Gasteiger charge is 2.19. The van der Waals surface area contributed by atoms with Crippen LogP contribution in [-0.4, -0.2) is 29.7 Å². The highest BCUT2D eigenvalue weighted by Crippen LogP contribution is 2.20. The lowest BCUT2D eigenvalue weighted by atomic mass is 10.3. The number of aryl methyl sites for hydroxylation is 2. The van der Waals surface area contributed by atoms with Crippen molar-refractivity contribution in [2.45, 2.75) is 6.61 Å². The van der Waals surface area contributed by atoms with Crippen LogP contribution >= 0.6 is 0 Å². The largest absolute Gasteiger partial charge is 1.00 e. The van der Waals surface area contributed by atoms with E-state index in [1.54, 1.807) is 38.4 Å². The molecule has 0 bridgehead atoms. The van der Waals surface area contributed by atoms with Crippen LogP contribution in [0.2, 0.25) is 0 Å². The number of fused-ring (bicyclic) bond motifs is 1. The molecule has 1 amide bonds. The Bertz CT molecular complexity index is 865. The number of hydrogen-bond acceptors (Lipinski definition) is 3. The summed E-state index contributed by atoms with van der Waals surface area (Å²) < 4.78 is 15.3. The number of carbonyl (C=O) groups is 1. The average molecular weight is 376 g/mol. The zero-order valence-corrected chi connectivity index (χ0v) is 16.0. The van der Waals surface area contributed by atoms with Gasteiger partial charge >= 0.3 is 6.09 Å². The number of imidazole rings is 1. The maximum Gasteiger partial charge on any atom is 0.414 e. The lowest BCUT2D eigenvalue weighted by Gasteiger charge is -2.11. The number of aromatic nitrogens is 2. The van der Waals surface area contributed by atoms with Gasteiger partial charge in [-0.2, -0.15) is 0 Å². The predicted molar refractivity (Wildman–Crippen MR) is 94.6 cm³/mol. The smallest absolute Gasteiger partial charge is 0.414 e. The summed E-state index contributed by atoms with van der Waals surface area (Å²) in [5.41, 5.74) is 2.32. The molecule has 0 fully saturated rings. The Morgan fingerprint density at radius 1 is 1.08 bits per heavy atom. The van der Waals surface area contributed by atoms with E-state index >= 15 is 0 Å². The van der Waals surface area contributed by atoms with Crippen molar-refractivity contribution in [3.63, 3.8) is 0 Å². The molecule has 0 aliphatic carbocycles. The van der Waals surface area contributed by atoms with E-state index in [4.69, 9.17) is 9.47 Å². The number of nitrogens with zero attached hydrogens (tertiary/aromatic N) is 3. The molecule has 26 heavy (non-hydrogen) atoms. The van der Waals surface area contributed by atoms with Crippen LogP contribution in [0.5, 0.6) is 11.5 Å². The Morgan fingerprint density at radius 2 is 1.69 bits per heavy atom. The van der Waals surface area contributed by atoms with Crippen LogP contribution in [-0.2, 0) is 20.7 Å². The maximum atomic E-state index is 11.5. The monoisotopic (exact) mass is 375 g/mol. The first kappa shape index (κ1) is 19.6. The lowest BCUT2D eigenvalue weighted by Crippen LogP contribution is -3.00. The highest BCUT2D eigenvalue weighted by molar-refractivity contribution is 5.72. The van der Waals surface area contributed by atoms with E-state index in [0.29, 0.717) is 12.4 Å². The van der Waals surface area contributed by atoms with Crippen molar-refractivity contribution in [3.05, 3.63) is 54.4 Å². The molecular formula is C19H22ClN3O3. The van der Waals surface area contributed by atoms with E-state index < -0.39 is 6.09 Å². The van der Waals surface area contributed by atoms with Gasteiger partial charge in [0, 0.05) is 14.1 Å². The molecule has 3 aromatic rings. The second-order valence-corrected chi connectivity index (χ2v) is 6.05. The predicted octanol–water partition coefficient (Wildman–Crippen LogP) is -0.354. The molecule has 0 unspecified atom stereocenters. The van der Waals surface area contributed by atoms with E-state index in [2.05, 4.69) is 21.3 Å². The minimum absolute atomic E-state index is 0. The number of halogens is 1. The van der Waals surface area contributed by atoms with Crippen LogP contribution in [0.15, 0.2) is 48.5 Å². The lowest BCUT2D eigenvalue weighted by molar-refractivity contribution is -0.655. The summed E-state index contributed by atoms with van der Waals surface area (Å²) in [6, 6.07) is 15.3. The zero-order valence-electron chi connectivity index (χ0n) is 15.3. The fourth-order valence-electron chi connectivity index (χ4n) is 2.67. The van der Waals surface area contributed by atoms with Crippen molar-refractivity contribution in [1.82, 2.24) is 9.47 Å². The second-order valence-electron chi connectivity index (χ2n) is 6.05. The molecule has 1 heterocycles. The third-order valence-corrected chi connectivity index (χ3v) is 4.14. The summed E-state index contributed by atoms with van der Waals surface area (Å²) in [6.45, 7) is 0.443. The molecule has 7 heteroatoms. The molecule has 0 spiro atoms. The van der Waals surface area contributed by atoms with Gasteiger partial charge < -0.3 is 26.8 Å². The Morgan fingerprint density at radius 3 is 2.31 bits per heavy atom. The topological polar surface area (TPSA) is 47.6 Å². The number of ether oxygens (including phenoxy) is 2. The SMILES string of the molecule is CN(C)C(=O)Oc1ccc(OCc2n(C)c3ccccc3[n+]2C)cc1.[Cl-]. The summed E-state index contributed by atoms with van der Waals surface area (Å²) in [5.74, 6) is 2.26. The molecule has 2 aromatic carbocycles. The van der Waals surface area contributed by atoms with E-state index in [1.165, 1.54) is 4.90 Å². The van der Waals surface area contributed by atoms with Gasteiger partial charge in [-0.3, -0.25) is 0 Å². The van der Waals surface area contributed by atoms with Crippen LogP contribution in [0.4, 0.5) is 4.79 Å². The standard InChI is InChI=1S/C19H22N3O3.ClH/c1-20(2)19(23)25-15-11-9-14(10-12-15)24-13-18-21(3)16-7-5-6-8-17(16)22(18)4;/h5-12H,13H2,1-4H3;1H/q+1;/p-1. The van der Waals surface area contributed by atoms with Gasteiger partial charge in [0.05, 0.1) is 14.1 Å². The summed E-state index contributed by atoms with van der Waals surface area (Å²) in [5, 5.41) is 0. The van der Waals surface area contributed by atoms with Crippen LogP contribution in [0, 0.1) is 0 Å². The summed E-state index contributed by atoms with van der Waals surface area (Å²) in [7, 11) is 7.35. The van der Waals surface area contributed by atoms with E-state index in [0.717, 1.165) is 22.6 Å². The van der Waals surface area contributed by atoms with Crippen molar-refractivity contribution >= 4 is 17.1 Å². The van der Waals surface area contributed by atoms with E-state index in [-0.39, 0.29) is 12.4 Å². The minimum atomic E-state index is -0.406. The Labute approximate surface area is 159 Å². The molecule has 0 saturated heterocycles. The first-order valence-corrected chi connectivity index (χ1v) is 8.01.